The first kappa shape index (κ1) is 19.2. The number of hydrogen-bond acceptors (Lipinski definition) is 4. The molecule has 2 N–H and O–H groups in total. The van der Waals surface area contributed by atoms with Crippen molar-refractivity contribution in [1.29, 1.82) is 0 Å². The molecule has 0 unspecified atom stereocenters. The van der Waals surface area contributed by atoms with E-state index in [-0.39, 0.29) is 16.5 Å². The minimum absolute atomic E-state index is 0.0372. The lowest BCUT2D eigenvalue weighted by Gasteiger charge is -2.10. The van der Waals surface area contributed by atoms with Crippen LogP contribution < -0.4 is 14.8 Å². The average Bonchev–Trinajstić information content (AvgIpc) is 2.58. The number of aryl methyl sites for hydroxylation is 1. The summed E-state index contributed by atoms with van der Waals surface area (Å²) < 4.78 is 31.7. The molecule has 0 spiro atoms. The van der Waals surface area contributed by atoms with Crippen LogP contribution in [-0.2, 0) is 21.4 Å². The van der Waals surface area contributed by atoms with E-state index in [1.165, 1.54) is 25.3 Å². The van der Waals surface area contributed by atoms with Gasteiger partial charge in [-0.25, -0.2) is 13.1 Å². The minimum Gasteiger partial charge on any atom is -0.495 e. The van der Waals surface area contributed by atoms with Gasteiger partial charge in [0.1, 0.15) is 5.75 Å². The molecule has 0 aromatic heterocycles. The third-order valence-corrected chi connectivity index (χ3v) is 5.12. The van der Waals surface area contributed by atoms with Gasteiger partial charge in [-0.05, 0) is 30.7 Å². The Hall–Kier alpha value is -2.09. The zero-order valence-electron chi connectivity index (χ0n) is 13.9. The third kappa shape index (κ3) is 5.45. The van der Waals surface area contributed by atoms with Crippen LogP contribution in [0.25, 0.3) is 0 Å². The van der Waals surface area contributed by atoms with Crippen molar-refractivity contribution in [2.24, 2.45) is 0 Å². The van der Waals surface area contributed by atoms with Crippen LogP contribution in [0.15, 0.2) is 47.4 Å². The molecule has 0 atom stereocenters. The summed E-state index contributed by atoms with van der Waals surface area (Å²) in [5.74, 6) is -0.0544. The van der Waals surface area contributed by atoms with E-state index in [1.54, 1.807) is 0 Å². The fourth-order valence-corrected chi connectivity index (χ4v) is 3.47. The summed E-state index contributed by atoms with van der Waals surface area (Å²) >= 11 is 5.93. The molecule has 0 fully saturated rings. The van der Waals surface area contributed by atoms with Crippen LogP contribution in [0.1, 0.15) is 11.1 Å². The molecule has 0 aliphatic carbocycles. The van der Waals surface area contributed by atoms with Crippen LogP contribution in [0.5, 0.6) is 5.75 Å². The second-order valence-corrected chi connectivity index (χ2v) is 7.56. The standard InChI is InChI=1S/C17H19ClN2O4S/c1-12-4-3-5-13(8-12)10-19-17(21)11-20-25(22,23)14-6-7-16(24-2)15(18)9-14/h3-9,20H,10-11H2,1-2H3,(H,19,21). The van der Waals surface area contributed by atoms with E-state index in [0.717, 1.165) is 11.1 Å². The first-order valence-electron chi connectivity index (χ1n) is 7.47. The normalized spacial score (nSPS) is 11.2. The van der Waals surface area contributed by atoms with Gasteiger partial charge < -0.3 is 10.1 Å². The predicted molar refractivity (Wildman–Crippen MR) is 96.2 cm³/mol. The molecule has 0 saturated carbocycles. The van der Waals surface area contributed by atoms with E-state index >= 15 is 0 Å². The van der Waals surface area contributed by atoms with E-state index < -0.39 is 15.9 Å². The number of carbonyl (C=O) groups excluding carboxylic acids is 1. The Balaban J connectivity index is 1.92. The second kappa shape index (κ2) is 8.33. The zero-order chi connectivity index (χ0) is 18.4. The molecule has 0 aliphatic heterocycles. The summed E-state index contributed by atoms with van der Waals surface area (Å²) in [7, 11) is -2.41. The number of nitrogens with one attached hydrogen (secondary N) is 2. The van der Waals surface area contributed by atoms with Crippen LogP contribution in [0.3, 0.4) is 0 Å². The molecule has 0 heterocycles. The number of hydrogen-bond donors (Lipinski definition) is 2. The molecule has 0 aliphatic rings. The van der Waals surface area contributed by atoms with E-state index in [1.807, 2.05) is 31.2 Å². The largest absolute Gasteiger partial charge is 0.495 e. The van der Waals surface area contributed by atoms with Gasteiger partial charge in [0.05, 0.1) is 23.6 Å². The smallest absolute Gasteiger partial charge is 0.241 e. The Labute approximate surface area is 152 Å². The predicted octanol–water partition coefficient (Wildman–Crippen LogP) is 2.25. The summed E-state index contributed by atoms with van der Waals surface area (Å²) in [5, 5.41) is 2.84. The summed E-state index contributed by atoms with van der Waals surface area (Å²) in [6, 6.07) is 11.8. The quantitative estimate of drug-likeness (QED) is 0.769. The lowest BCUT2D eigenvalue weighted by Crippen LogP contribution is -2.36. The summed E-state index contributed by atoms with van der Waals surface area (Å²) in [6.07, 6.45) is 0. The van der Waals surface area contributed by atoms with E-state index in [2.05, 4.69) is 10.0 Å². The minimum atomic E-state index is -3.84. The van der Waals surface area contributed by atoms with Crippen molar-refractivity contribution in [2.45, 2.75) is 18.4 Å². The third-order valence-electron chi connectivity index (χ3n) is 3.43. The van der Waals surface area contributed by atoms with Crippen molar-refractivity contribution >= 4 is 27.5 Å². The highest BCUT2D eigenvalue weighted by Gasteiger charge is 2.17. The first-order valence-corrected chi connectivity index (χ1v) is 9.33. The molecule has 2 aromatic rings. The maximum Gasteiger partial charge on any atom is 0.241 e. The fourth-order valence-electron chi connectivity index (χ4n) is 2.14. The van der Waals surface area contributed by atoms with Gasteiger partial charge in [-0.2, -0.15) is 0 Å². The van der Waals surface area contributed by atoms with Gasteiger partial charge in [0, 0.05) is 6.54 Å². The van der Waals surface area contributed by atoms with E-state index in [0.29, 0.717) is 12.3 Å². The lowest BCUT2D eigenvalue weighted by molar-refractivity contribution is -0.120. The molecule has 0 bridgehead atoms. The van der Waals surface area contributed by atoms with Gasteiger partial charge in [-0.1, -0.05) is 41.4 Å². The highest BCUT2D eigenvalue weighted by molar-refractivity contribution is 7.89. The number of ether oxygens (including phenoxy) is 1. The van der Waals surface area contributed by atoms with Crippen LogP contribution >= 0.6 is 11.6 Å². The molecule has 2 rings (SSSR count). The molecule has 134 valence electrons. The van der Waals surface area contributed by atoms with Crippen LogP contribution in [0, 0.1) is 6.92 Å². The van der Waals surface area contributed by atoms with Crippen LogP contribution in [-0.4, -0.2) is 28.0 Å². The highest BCUT2D eigenvalue weighted by atomic mass is 35.5. The lowest BCUT2D eigenvalue weighted by atomic mass is 10.1. The van der Waals surface area contributed by atoms with Crippen molar-refractivity contribution in [3.63, 3.8) is 0 Å². The van der Waals surface area contributed by atoms with Crippen molar-refractivity contribution in [3.05, 3.63) is 58.6 Å². The van der Waals surface area contributed by atoms with E-state index in [9.17, 15) is 13.2 Å². The summed E-state index contributed by atoms with van der Waals surface area (Å²) in [4.78, 5) is 11.8. The van der Waals surface area contributed by atoms with Crippen LogP contribution in [0.4, 0.5) is 0 Å². The van der Waals surface area contributed by atoms with Crippen molar-refractivity contribution in [2.75, 3.05) is 13.7 Å². The van der Waals surface area contributed by atoms with Crippen LogP contribution in [0.2, 0.25) is 5.02 Å². The van der Waals surface area contributed by atoms with Gasteiger partial charge >= 0.3 is 0 Å². The van der Waals surface area contributed by atoms with Crippen molar-refractivity contribution < 1.29 is 17.9 Å². The topological polar surface area (TPSA) is 84.5 Å². The number of amides is 1. The SMILES string of the molecule is COc1ccc(S(=O)(=O)NCC(=O)NCc2cccc(C)c2)cc1Cl. The maximum absolute atomic E-state index is 12.2. The average molecular weight is 383 g/mol. The Kier molecular flexibility index (Phi) is 6.41. The number of rotatable bonds is 7. The number of carbonyl (C=O) groups is 1. The molecule has 0 radical (unpaired) electrons. The summed E-state index contributed by atoms with van der Waals surface area (Å²) in [5.41, 5.74) is 2.03. The molecular weight excluding hydrogens is 364 g/mol. The van der Waals surface area contributed by atoms with Crippen molar-refractivity contribution in [3.8, 4) is 5.75 Å². The monoisotopic (exact) mass is 382 g/mol. The molecule has 2 aromatic carbocycles. The summed E-state index contributed by atoms with van der Waals surface area (Å²) in [6.45, 7) is 1.92. The number of benzene rings is 2. The zero-order valence-corrected chi connectivity index (χ0v) is 15.4. The molecule has 0 saturated heterocycles. The van der Waals surface area contributed by atoms with Crippen molar-refractivity contribution in [1.82, 2.24) is 10.0 Å². The molecule has 6 nitrogen and oxygen atoms in total. The molecule has 8 heteroatoms. The Morgan fingerprint density at radius 2 is 1.96 bits per heavy atom. The molecule has 1 amide bonds. The van der Waals surface area contributed by atoms with Gasteiger partial charge in [0.25, 0.3) is 0 Å². The van der Waals surface area contributed by atoms with Gasteiger partial charge in [0.15, 0.2) is 0 Å². The van der Waals surface area contributed by atoms with Gasteiger partial charge in [0.2, 0.25) is 15.9 Å². The van der Waals surface area contributed by atoms with E-state index in [4.69, 9.17) is 16.3 Å². The highest BCUT2D eigenvalue weighted by Crippen LogP contribution is 2.26. The Morgan fingerprint density at radius 1 is 1.20 bits per heavy atom. The Bertz CT molecular complexity index is 869. The number of halogens is 1. The molecule has 25 heavy (non-hydrogen) atoms. The molecular formula is C17H19ClN2O4S. The van der Waals surface area contributed by atoms with Gasteiger partial charge in [-0.15, -0.1) is 0 Å². The fraction of sp³-hybridized carbons (Fsp3) is 0.235. The Morgan fingerprint density at radius 3 is 2.60 bits per heavy atom. The number of methoxy groups -OCH3 is 1. The maximum atomic E-state index is 12.2. The number of sulfonamides is 1. The second-order valence-electron chi connectivity index (χ2n) is 5.39. The first-order chi connectivity index (χ1) is 11.8. The van der Waals surface area contributed by atoms with Gasteiger partial charge in [-0.3, -0.25) is 4.79 Å².